The molecular weight excluding hydrogens is 254 g/mol. The molecule has 0 aromatic heterocycles. The summed E-state index contributed by atoms with van der Waals surface area (Å²) in [5, 5.41) is 13.2. The van der Waals surface area contributed by atoms with Gasteiger partial charge in [-0.3, -0.25) is 4.79 Å². The second-order valence-corrected chi connectivity index (χ2v) is 5.79. The number of aliphatic hydroxyl groups is 1. The molecule has 2 rings (SSSR count). The van der Waals surface area contributed by atoms with Crippen LogP contribution in [0.15, 0.2) is 24.3 Å². The van der Waals surface area contributed by atoms with E-state index >= 15 is 0 Å². The Morgan fingerprint density at radius 2 is 2.05 bits per heavy atom. The fraction of sp³-hybridized carbons (Fsp3) is 0.562. The van der Waals surface area contributed by atoms with Crippen LogP contribution in [0.25, 0.3) is 0 Å². The predicted octanol–water partition coefficient (Wildman–Crippen LogP) is 2.57. The number of hydrogen-bond acceptors (Lipinski definition) is 3. The number of benzene rings is 1. The highest BCUT2D eigenvalue weighted by atomic mass is 16.5. The van der Waals surface area contributed by atoms with E-state index in [9.17, 15) is 9.90 Å². The van der Waals surface area contributed by atoms with Crippen LogP contribution in [0.4, 0.5) is 0 Å². The lowest BCUT2D eigenvalue weighted by Crippen LogP contribution is -2.48. The van der Waals surface area contributed by atoms with Crippen molar-refractivity contribution in [2.24, 2.45) is 0 Å². The first-order chi connectivity index (χ1) is 9.54. The molecule has 1 atom stereocenters. The molecule has 1 fully saturated rings. The van der Waals surface area contributed by atoms with Gasteiger partial charge in [0.2, 0.25) is 0 Å². The monoisotopic (exact) mass is 277 g/mol. The standard InChI is InChI=1S/C16H23NO3/c1-16(9-4-3-5-10-16)17-15(19)14(18)12-7-6-8-13(11-12)20-2/h6-8,11,14,18H,3-5,9-10H2,1-2H3,(H,17,19). The molecular formula is C16H23NO3. The number of carbonyl (C=O) groups excluding carboxylic acids is 1. The van der Waals surface area contributed by atoms with E-state index < -0.39 is 6.10 Å². The SMILES string of the molecule is COc1cccc(C(O)C(=O)NC2(C)CCCCC2)c1. The first-order valence-electron chi connectivity index (χ1n) is 7.18. The Kier molecular flexibility index (Phi) is 4.65. The fourth-order valence-corrected chi connectivity index (χ4v) is 2.79. The highest BCUT2D eigenvalue weighted by Gasteiger charge is 2.31. The summed E-state index contributed by atoms with van der Waals surface area (Å²) in [6.45, 7) is 2.06. The Morgan fingerprint density at radius 3 is 2.70 bits per heavy atom. The number of nitrogens with one attached hydrogen (secondary N) is 1. The Labute approximate surface area is 120 Å². The van der Waals surface area contributed by atoms with Crippen LogP contribution in [0.5, 0.6) is 5.75 Å². The molecule has 1 amide bonds. The summed E-state index contributed by atoms with van der Waals surface area (Å²) >= 11 is 0. The highest BCUT2D eigenvalue weighted by Crippen LogP contribution is 2.28. The minimum atomic E-state index is -1.15. The molecule has 4 nitrogen and oxygen atoms in total. The van der Waals surface area contributed by atoms with E-state index in [0.29, 0.717) is 11.3 Å². The quantitative estimate of drug-likeness (QED) is 0.889. The van der Waals surface area contributed by atoms with Crippen molar-refractivity contribution in [1.82, 2.24) is 5.32 Å². The maximum Gasteiger partial charge on any atom is 0.253 e. The van der Waals surface area contributed by atoms with Crippen molar-refractivity contribution in [3.8, 4) is 5.75 Å². The number of amides is 1. The lowest BCUT2D eigenvalue weighted by atomic mass is 9.83. The van der Waals surface area contributed by atoms with E-state index in [1.54, 1.807) is 31.4 Å². The third-order valence-electron chi connectivity index (χ3n) is 4.04. The maximum absolute atomic E-state index is 12.2. The van der Waals surface area contributed by atoms with Crippen LogP contribution in [-0.2, 0) is 4.79 Å². The van der Waals surface area contributed by atoms with Gasteiger partial charge in [0.05, 0.1) is 7.11 Å². The van der Waals surface area contributed by atoms with Crippen molar-refractivity contribution < 1.29 is 14.6 Å². The first kappa shape index (κ1) is 14.9. The second-order valence-electron chi connectivity index (χ2n) is 5.79. The van der Waals surface area contributed by atoms with Gasteiger partial charge in [-0.1, -0.05) is 31.4 Å². The van der Waals surface area contributed by atoms with Gasteiger partial charge in [-0.05, 0) is 37.5 Å². The summed E-state index contributed by atoms with van der Waals surface area (Å²) in [6, 6.07) is 6.98. The molecule has 1 aromatic carbocycles. The molecule has 0 heterocycles. The molecule has 0 spiro atoms. The molecule has 0 aliphatic heterocycles. The maximum atomic E-state index is 12.2. The van der Waals surface area contributed by atoms with Crippen molar-refractivity contribution in [2.45, 2.75) is 50.7 Å². The van der Waals surface area contributed by atoms with Crippen LogP contribution >= 0.6 is 0 Å². The van der Waals surface area contributed by atoms with Crippen LogP contribution in [0.3, 0.4) is 0 Å². The van der Waals surface area contributed by atoms with E-state index in [1.807, 2.05) is 0 Å². The molecule has 110 valence electrons. The summed E-state index contributed by atoms with van der Waals surface area (Å²) in [6.07, 6.45) is 4.29. The summed E-state index contributed by atoms with van der Waals surface area (Å²) in [5.74, 6) is 0.306. The Hall–Kier alpha value is -1.55. The topological polar surface area (TPSA) is 58.6 Å². The Morgan fingerprint density at radius 1 is 1.35 bits per heavy atom. The second kappa shape index (κ2) is 6.27. The van der Waals surface area contributed by atoms with E-state index in [2.05, 4.69) is 12.2 Å². The van der Waals surface area contributed by atoms with E-state index in [-0.39, 0.29) is 11.4 Å². The molecule has 0 bridgehead atoms. The van der Waals surface area contributed by atoms with Gasteiger partial charge in [0, 0.05) is 5.54 Å². The van der Waals surface area contributed by atoms with Gasteiger partial charge in [-0.15, -0.1) is 0 Å². The van der Waals surface area contributed by atoms with Gasteiger partial charge in [0.15, 0.2) is 6.10 Å². The van der Waals surface area contributed by atoms with Crippen molar-refractivity contribution in [2.75, 3.05) is 7.11 Å². The third-order valence-corrected chi connectivity index (χ3v) is 4.04. The van der Waals surface area contributed by atoms with Crippen LogP contribution in [0.1, 0.15) is 50.7 Å². The Balaban J connectivity index is 2.04. The lowest BCUT2D eigenvalue weighted by molar-refractivity contribution is -0.131. The van der Waals surface area contributed by atoms with Gasteiger partial charge in [-0.25, -0.2) is 0 Å². The molecule has 1 aromatic rings. The zero-order valence-corrected chi connectivity index (χ0v) is 12.2. The number of carbonyl (C=O) groups is 1. The number of hydrogen-bond donors (Lipinski definition) is 2. The van der Waals surface area contributed by atoms with E-state index in [1.165, 1.54) is 6.42 Å². The van der Waals surface area contributed by atoms with Crippen molar-refractivity contribution >= 4 is 5.91 Å². The molecule has 4 heteroatoms. The van der Waals surface area contributed by atoms with E-state index in [4.69, 9.17) is 4.74 Å². The first-order valence-corrected chi connectivity index (χ1v) is 7.18. The van der Waals surface area contributed by atoms with Gasteiger partial charge >= 0.3 is 0 Å². The minimum absolute atomic E-state index is 0.185. The van der Waals surface area contributed by atoms with Gasteiger partial charge in [-0.2, -0.15) is 0 Å². The zero-order valence-electron chi connectivity index (χ0n) is 12.2. The summed E-state index contributed by atoms with van der Waals surface area (Å²) in [7, 11) is 1.56. The smallest absolute Gasteiger partial charge is 0.253 e. The average Bonchev–Trinajstić information content (AvgIpc) is 2.46. The van der Waals surface area contributed by atoms with E-state index in [0.717, 1.165) is 25.7 Å². The molecule has 0 radical (unpaired) electrons. The lowest BCUT2D eigenvalue weighted by Gasteiger charge is -2.35. The van der Waals surface area contributed by atoms with Gasteiger partial charge < -0.3 is 15.2 Å². The van der Waals surface area contributed by atoms with Crippen LogP contribution < -0.4 is 10.1 Å². The average molecular weight is 277 g/mol. The molecule has 1 saturated carbocycles. The predicted molar refractivity (Wildman–Crippen MR) is 77.6 cm³/mol. The Bertz CT molecular complexity index is 467. The normalized spacial score (nSPS) is 19.1. The number of ether oxygens (including phenoxy) is 1. The summed E-state index contributed by atoms with van der Waals surface area (Å²) in [4.78, 5) is 12.2. The van der Waals surface area contributed by atoms with Gasteiger partial charge in [0.1, 0.15) is 5.75 Å². The van der Waals surface area contributed by atoms with Crippen molar-refractivity contribution in [1.29, 1.82) is 0 Å². The third kappa shape index (κ3) is 3.51. The molecule has 1 aliphatic rings. The van der Waals surface area contributed by atoms with Crippen molar-refractivity contribution in [3.05, 3.63) is 29.8 Å². The number of rotatable bonds is 4. The molecule has 1 unspecified atom stereocenters. The highest BCUT2D eigenvalue weighted by molar-refractivity contribution is 5.82. The van der Waals surface area contributed by atoms with Gasteiger partial charge in [0.25, 0.3) is 5.91 Å². The summed E-state index contributed by atoms with van der Waals surface area (Å²) in [5.41, 5.74) is 0.371. The largest absolute Gasteiger partial charge is 0.497 e. The summed E-state index contributed by atoms with van der Waals surface area (Å²) < 4.78 is 5.11. The number of methoxy groups -OCH3 is 1. The van der Waals surface area contributed by atoms with Crippen LogP contribution in [0.2, 0.25) is 0 Å². The van der Waals surface area contributed by atoms with Crippen molar-refractivity contribution in [3.63, 3.8) is 0 Å². The minimum Gasteiger partial charge on any atom is -0.497 e. The van der Waals surface area contributed by atoms with Crippen LogP contribution in [0, 0.1) is 0 Å². The fourth-order valence-electron chi connectivity index (χ4n) is 2.79. The zero-order chi connectivity index (χ0) is 14.6. The number of aliphatic hydroxyl groups excluding tert-OH is 1. The van der Waals surface area contributed by atoms with Crippen LogP contribution in [-0.4, -0.2) is 23.7 Å². The molecule has 1 aliphatic carbocycles. The molecule has 2 N–H and O–H groups in total. The molecule has 0 saturated heterocycles. The molecule has 20 heavy (non-hydrogen) atoms.